The third kappa shape index (κ3) is 5.48. The van der Waals surface area contributed by atoms with Crippen molar-refractivity contribution in [2.24, 2.45) is 0 Å². The Bertz CT molecular complexity index is 540. The molecular weight excluding hydrogens is 320 g/mol. The van der Waals surface area contributed by atoms with Gasteiger partial charge < -0.3 is 15.5 Å². The fourth-order valence-corrected chi connectivity index (χ4v) is 4.15. The van der Waals surface area contributed by atoms with Crippen molar-refractivity contribution in [3.8, 4) is 0 Å². The molecule has 5 nitrogen and oxygen atoms in total. The number of nitrogens with one attached hydrogen (secondary N) is 2. The lowest BCUT2D eigenvalue weighted by Gasteiger charge is -2.32. The van der Waals surface area contributed by atoms with Crippen LogP contribution in [-0.4, -0.2) is 73.0 Å². The molecule has 2 aliphatic heterocycles. The molecule has 0 aromatic heterocycles. The smallest absolute Gasteiger partial charge is 0.225 e. The number of benzene rings is 1. The zero-order valence-electron chi connectivity index (χ0n) is 14.5. The second-order valence-electron chi connectivity index (χ2n) is 6.76. The van der Waals surface area contributed by atoms with E-state index in [1.807, 2.05) is 23.9 Å². The summed E-state index contributed by atoms with van der Waals surface area (Å²) in [5.41, 5.74) is 2.18. The van der Waals surface area contributed by atoms with E-state index in [1.54, 1.807) is 0 Å². The van der Waals surface area contributed by atoms with Crippen molar-refractivity contribution < 1.29 is 4.79 Å². The van der Waals surface area contributed by atoms with Gasteiger partial charge in [0.2, 0.25) is 5.91 Å². The van der Waals surface area contributed by atoms with Gasteiger partial charge in [0.25, 0.3) is 0 Å². The predicted octanol–water partition coefficient (Wildman–Crippen LogP) is 1.47. The summed E-state index contributed by atoms with van der Waals surface area (Å²) in [4.78, 5) is 17.1. The lowest BCUT2D eigenvalue weighted by Crippen LogP contribution is -2.43. The summed E-state index contributed by atoms with van der Waals surface area (Å²) in [5, 5.41) is 6.47. The average molecular weight is 349 g/mol. The van der Waals surface area contributed by atoms with Gasteiger partial charge in [-0.3, -0.25) is 9.69 Å². The number of likely N-dealkylation sites (N-methyl/N-ethyl adjacent to an activating group) is 1. The second-order valence-corrected chi connectivity index (χ2v) is 7.91. The third-order valence-corrected chi connectivity index (χ3v) is 5.77. The van der Waals surface area contributed by atoms with Crippen molar-refractivity contribution in [1.82, 2.24) is 15.1 Å². The molecule has 2 fully saturated rings. The maximum Gasteiger partial charge on any atom is 0.225 e. The number of nitrogens with zero attached hydrogens (tertiary/aromatic N) is 2. The highest BCUT2D eigenvalue weighted by molar-refractivity contribution is 7.99. The fraction of sp³-hybridized carbons (Fsp3) is 0.611. The Hall–Kier alpha value is -1.08. The van der Waals surface area contributed by atoms with Crippen LogP contribution in [0.5, 0.6) is 0 Å². The van der Waals surface area contributed by atoms with Gasteiger partial charge in [0, 0.05) is 68.9 Å². The highest BCUT2D eigenvalue weighted by atomic mass is 32.2. The minimum atomic E-state index is 0.103. The van der Waals surface area contributed by atoms with Gasteiger partial charge in [-0.2, -0.15) is 11.8 Å². The summed E-state index contributed by atoms with van der Waals surface area (Å²) in [6.45, 7) is 6.43. The maximum absolute atomic E-state index is 12.2. The van der Waals surface area contributed by atoms with Crippen LogP contribution in [0.1, 0.15) is 12.0 Å². The molecule has 0 radical (unpaired) electrons. The minimum Gasteiger partial charge on any atom is -0.326 e. The number of anilines is 1. The first-order valence-electron chi connectivity index (χ1n) is 8.80. The largest absolute Gasteiger partial charge is 0.326 e. The number of hydrogen-bond donors (Lipinski definition) is 2. The SMILES string of the molecule is CN1CCN(Cc2cccc(NC(=O)CC3CSCCN3)c2)CC1. The number of carbonyl (C=O) groups is 1. The minimum absolute atomic E-state index is 0.103. The Labute approximate surface area is 149 Å². The maximum atomic E-state index is 12.2. The fourth-order valence-electron chi connectivity index (χ4n) is 3.20. The van der Waals surface area contributed by atoms with Crippen molar-refractivity contribution >= 4 is 23.4 Å². The topological polar surface area (TPSA) is 47.6 Å². The molecule has 2 aliphatic rings. The summed E-state index contributed by atoms with van der Waals surface area (Å²) in [5.74, 6) is 2.27. The lowest BCUT2D eigenvalue weighted by atomic mass is 10.1. The second kappa shape index (κ2) is 8.85. The molecule has 2 N–H and O–H groups in total. The number of carbonyl (C=O) groups excluding carboxylic acids is 1. The van der Waals surface area contributed by atoms with Crippen LogP contribution in [0.3, 0.4) is 0 Å². The molecule has 6 heteroatoms. The van der Waals surface area contributed by atoms with Crippen molar-refractivity contribution in [2.45, 2.75) is 19.0 Å². The monoisotopic (exact) mass is 348 g/mol. The molecule has 0 saturated carbocycles. The summed E-state index contributed by atoms with van der Waals surface area (Å²) in [7, 11) is 2.17. The standard InChI is InChI=1S/C18H28N4OS/c1-21-6-8-22(9-7-21)13-15-3-2-4-16(11-15)20-18(23)12-17-14-24-10-5-19-17/h2-4,11,17,19H,5-10,12-14H2,1H3,(H,20,23). The van der Waals surface area contributed by atoms with Crippen LogP contribution in [0.15, 0.2) is 24.3 Å². The van der Waals surface area contributed by atoms with Gasteiger partial charge in [-0.25, -0.2) is 0 Å². The Morgan fingerprint density at radius 2 is 2.17 bits per heavy atom. The normalized spacial score (nSPS) is 23.1. The zero-order valence-corrected chi connectivity index (χ0v) is 15.3. The zero-order chi connectivity index (χ0) is 16.8. The van der Waals surface area contributed by atoms with Gasteiger partial charge in [-0.15, -0.1) is 0 Å². The number of thioether (sulfide) groups is 1. The van der Waals surface area contributed by atoms with Crippen LogP contribution in [-0.2, 0) is 11.3 Å². The Kier molecular flexibility index (Phi) is 6.54. The molecule has 0 aliphatic carbocycles. The first-order valence-corrected chi connectivity index (χ1v) is 9.95. The van der Waals surface area contributed by atoms with Crippen LogP contribution in [0.4, 0.5) is 5.69 Å². The van der Waals surface area contributed by atoms with Gasteiger partial charge in [0.15, 0.2) is 0 Å². The quantitative estimate of drug-likeness (QED) is 0.844. The molecule has 2 heterocycles. The molecule has 3 rings (SSSR count). The van der Waals surface area contributed by atoms with E-state index in [9.17, 15) is 4.79 Å². The van der Waals surface area contributed by atoms with Crippen molar-refractivity contribution in [3.63, 3.8) is 0 Å². The van der Waals surface area contributed by atoms with E-state index >= 15 is 0 Å². The number of hydrogen-bond acceptors (Lipinski definition) is 5. The summed E-state index contributed by atoms with van der Waals surface area (Å²) >= 11 is 1.92. The lowest BCUT2D eigenvalue weighted by molar-refractivity contribution is -0.116. The molecule has 1 aromatic carbocycles. The highest BCUT2D eigenvalue weighted by Gasteiger charge is 2.17. The van der Waals surface area contributed by atoms with Gasteiger partial charge in [0.1, 0.15) is 0 Å². The van der Waals surface area contributed by atoms with E-state index in [2.05, 4.69) is 39.6 Å². The van der Waals surface area contributed by atoms with Crippen LogP contribution < -0.4 is 10.6 Å². The van der Waals surface area contributed by atoms with E-state index in [0.717, 1.165) is 56.5 Å². The Morgan fingerprint density at radius 3 is 2.92 bits per heavy atom. The number of piperazine rings is 1. The molecule has 1 amide bonds. The van der Waals surface area contributed by atoms with E-state index in [4.69, 9.17) is 0 Å². The summed E-state index contributed by atoms with van der Waals surface area (Å²) in [6.07, 6.45) is 0.551. The Morgan fingerprint density at radius 1 is 1.33 bits per heavy atom. The number of amides is 1. The molecule has 24 heavy (non-hydrogen) atoms. The van der Waals surface area contributed by atoms with Crippen LogP contribution >= 0.6 is 11.8 Å². The summed E-state index contributed by atoms with van der Waals surface area (Å²) < 4.78 is 0. The first-order chi connectivity index (χ1) is 11.7. The highest BCUT2D eigenvalue weighted by Crippen LogP contribution is 2.15. The van der Waals surface area contributed by atoms with Crippen LogP contribution in [0, 0.1) is 0 Å². The number of rotatable bonds is 5. The van der Waals surface area contributed by atoms with E-state index in [1.165, 1.54) is 5.56 Å². The molecule has 132 valence electrons. The van der Waals surface area contributed by atoms with E-state index in [-0.39, 0.29) is 5.91 Å². The molecule has 1 aromatic rings. The van der Waals surface area contributed by atoms with Gasteiger partial charge in [0.05, 0.1) is 0 Å². The molecule has 0 bridgehead atoms. The van der Waals surface area contributed by atoms with Crippen LogP contribution in [0.25, 0.3) is 0 Å². The molecule has 1 unspecified atom stereocenters. The summed E-state index contributed by atoms with van der Waals surface area (Å²) in [6, 6.07) is 8.58. The predicted molar refractivity (Wildman–Crippen MR) is 102 cm³/mol. The first kappa shape index (κ1) is 17.7. The van der Waals surface area contributed by atoms with Crippen molar-refractivity contribution in [2.75, 3.05) is 56.6 Å². The van der Waals surface area contributed by atoms with Gasteiger partial charge in [-0.05, 0) is 24.7 Å². The average Bonchev–Trinajstić information content (AvgIpc) is 2.58. The third-order valence-electron chi connectivity index (χ3n) is 4.64. The van der Waals surface area contributed by atoms with Crippen LogP contribution in [0.2, 0.25) is 0 Å². The molecule has 0 spiro atoms. The van der Waals surface area contributed by atoms with Crippen molar-refractivity contribution in [1.29, 1.82) is 0 Å². The molecular formula is C18H28N4OS. The molecule has 1 atom stereocenters. The van der Waals surface area contributed by atoms with Crippen molar-refractivity contribution in [3.05, 3.63) is 29.8 Å². The van der Waals surface area contributed by atoms with E-state index < -0.39 is 0 Å². The van der Waals surface area contributed by atoms with Gasteiger partial charge in [-0.1, -0.05) is 12.1 Å². The molecule has 2 saturated heterocycles. The van der Waals surface area contributed by atoms with E-state index in [0.29, 0.717) is 12.5 Å². The van der Waals surface area contributed by atoms with Gasteiger partial charge >= 0.3 is 0 Å². The Balaban J connectivity index is 1.50.